The smallest absolute Gasteiger partial charge is 0.264 e. The van der Waals surface area contributed by atoms with E-state index >= 15 is 0 Å². The van der Waals surface area contributed by atoms with Crippen LogP contribution in [0.1, 0.15) is 36.8 Å². The van der Waals surface area contributed by atoms with E-state index in [-0.39, 0.29) is 11.0 Å². The lowest BCUT2D eigenvalue weighted by Crippen LogP contribution is -2.42. The standard InChI is InChI=1S/C14H19F2NO2/c1-18-11-6-9(13(15)16)10(7-12(11)19-2)14(8-17)4-3-5-14/h6-7,13H,3-5,8,17H2,1-2H3. The molecule has 0 amide bonds. The molecule has 106 valence electrons. The average molecular weight is 271 g/mol. The zero-order valence-corrected chi connectivity index (χ0v) is 11.2. The number of ether oxygens (including phenoxy) is 2. The van der Waals surface area contributed by atoms with E-state index in [0.717, 1.165) is 19.3 Å². The number of hydrogen-bond donors (Lipinski definition) is 1. The summed E-state index contributed by atoms with van der Waals surface area (Å²) in [5.41, 5.74) is 6.09. The third-order valence-corrected chi connectivity index (χ3v) is 4.06. The normalized spacial score (nSPS) is 17.2. The highest BCUT2D eigenvalue weighted by Crippen LogP contribution is 2.48. The van der Waals surface area contributed by atoms with Gasteiger partial charge in [-0.2, -0.15) is 0 Å². The first-order valence-electron chi connectivity index (χ1n) is 6.32. The number of methoxy groups -OCH3 is 2. The van der Waals surface area contributed by atoms with Crippen LogP contribution >= 0.6 is 0 Å². The van der Waals surface area contributed by atoms with Crippen molar-refractivity contribution in [3.63, 3.8) is 0 Å². The molecule has 2 N–H and O–H groups in total. The maximum atomic E-state index is 13.3. The third kappa shape index (κ3) is 2.27. The lowest BCUT2D eigenvalue weighted by molar-refractivity contribution is 0.143. The van der Waals surface area contributed by atoms with Gasteiger partial charge in [0.2, 0.25) is 0 Å². The Morgan fingerprint density at radius 1 is 1.21 bits per heavy atom. The van der Waals surface area contributed by atoms with Gasteiger partial charge in [0.05, 0.1) is 14.2 Å². The van der Waals surface area contributed by atoms with Gasteiger partial charge < -0.3 is 15.2 Å². The summed E-state index contributed by atoms with van der Waals surface area (Å²) in [5.74, 6) is 0.801. The molecule has 1 aliphatic carbocycles. The molecule has 1 saturated carbocycles. The van der Waals surface area contributed by atoms with Gasteiger partial charge in [-0.1, -0.05) is 6.42 Å². The molecule has 0 heterocycles. The van der Waals surface area contributed by atoms with Gasteiger partial charge in [-0.15, -0.1) is 0 Å². The Bertz CT molecular complexity index is 453. The highest BCUT2D eigenvalue weighted by molar-refractivity contribution is 5.51. The molecule has 0 aromatic heterocycles. The Morgan fingerprint density at radius 2 is 1.79 bits per heavy atom. The minimum Gasteiger partial charge on any atom is -0.493 e. The van der Waals surface area contributed by atoms with Crippen molar-refractivity contribution in [1.82, 2.24) is 0 Å². The van der Waals surface area contributed by atoms with Crippen molar-refractivity contribution in [1.29, 1.82) is 0 Å². The zero-order chi connectivity index (χ0) is 14.0. The summed E-state index contributed by atoms with van der Waals surface area (Å²) in [5, 5.41) is 0. The minimum absolute atomic E-state index is 0.00259. The van der Waals surface area contributed by atoms with Crippen LogP contribution in [0.25, 0.3) is 0 Å². The Hall–Kier alpha value is -1.36. The van der Waals surface area contributed by atoms with Gasteiger partial charge in [0.15, 0.2) is 11.5 Å². The quantitative estimate of drug-likeness (QED) is 0.895. The molecule has 1 aromatic rings. The van der Waals surface area contributed by atoms with Gasteiger partial charge in [-0.05, 0) is 30.5 Å². The van der Waals surface area contributed by atoms with Gasteiger partial charge in [0.25, 0.3) is 6.43 Å². The van der Waals surface area contributed by atoms with Gasteiger partial charge in [-0.25, -0.2) is 8.78 Å². The molecule has 3 nitrogen and oxygen atoms in total. The van der Waals surface area contributed by atoms with E-state index in [1.807, 2.05) is 0 Å². The van der Waals surface area contributed by atoms with Crippen LogP contribution in [-0.2, 0) is 5.41 Å². The van der Waals surface area contributed by atoms with Crippen molar-refractivity contribution >= 4 is 0 Å². The maximum Gasteiger partial charge on any atom is 0.264 e. The first kappa shape index (κ1) is 14.1. The van der Waals surface area contributed by atoms with E-state index in [4.69, 9.17) is 15.2 Å². The second-order valence-electron chi connectivity index (χ2n) is 4.93. The fourth-order valence-electron chi connectivity index (χ4n) is 2.72. The van der Waals surface area contributed by atoms with Crippen molar-refractivity contribution in [2.75, 3.05) is 20.8 Å². The summed E-state index contributed by atoms with van der Waals surface area (Å²) in [4.78, 5) is 0. The van der Waals surface area contributed by atoms with Crippen LogP contribution in [0.2, 0.25) is 0 Å². The summed E-state index contributed by atoms with van der Waals surface area (Å²) < 4.78 is 36.8. The zero-order valence-electron chi connectivity index (χ0n) is 11.2. The van der Waals surface area contributed by atoms with E-state index in [9.17, 15) is 8.78 Å². The molecule has 0 aliphatic heterocycles. The van der Waals surface area contributed by atoms with Crippen molar-refractivity contribution in [3.8, 4) is 11.5 Å². The predicted molar refractivity (Wildman–Crippen MR) is 69.1 cm³/mol. The number of hydrogen-bond acceptors (Lipinski definition) is 3. The Morgan fingerprint density at radius 3 is 2.16 bits per heavy atom. The topological polar surface area (TPSA) is 44.5 Å². The van der Waals surface area contributed by atoms with Gasteiger partial charge >= 0.3 is 0 Å². The van der Waals surface area contributed by atoms with Gasteiger partial charge in [0.1, 0.15) is 0 Å². The number of nitrogens with two attached hydrogens (primary N) is 1. The molecule has 1 aliphatic rings. The van der Waals surface area contributed by atoms with Crippen LogP contribution < -0.4 is 15.2 Å². The Kier molecular flexibility index (Phi) is 3.94. The van der Waals surface area contributed by atoms with E-state index < -0.39 is 6.43 Å². The molecule has 0 unspecified atom stereocenters. The van der Waals surface area contributed by atoms with E-state index in [1.54, 1.807) is 6.07 Å². The van der Waals surface area contributed by atoms with Crippen molar-refractivity contribution in [3.05, 3.63) is 23.3 Å². The van der Waals surface area contributed by atoms with E-state index in [0.29, 0.717) is 23.6 Å². The number of benzene rings is 1. The number of halogens is 2. The van der Waals surface area contributed by atoms with Crippen LogP contribution in [0.3, 0.4) is 0 Å². The summed E-state index contributed by atoms with van der Waals surface area (Å²) in [7, 11) is 2.94. The highest BCUT2D eigenvalue weighted by Gasteiger charge is 2.40. The Balaban J connectivity index is 2.57. The summed E-state index contributed by atoms with van der Waals surface area (Å²) in [6, 6.07) is 3.03. The summed E-state index contributed by atoms with van der Waals surface area (Å²) in [6.45, 7) is 0.377. The van der Waals surface area contributed by atoms with Crippen molar-refractivity contribution in [2.24, 2.45) is 5.73 Å². The van der Waals surface area contributed by atoms with Crippen LogP contribution in [-0.4, -0.2) is 20.8 Å². The molecule has 0 bridgehead atoms. The predicted octanol–water partition coefficient (Wildman–Crippen LogP) is 3.02. The number of rotatable bonds is 5. The van der Waals surface area contributed by atoms with Crippen LogP contribution in [0.5, 0.6) is 11.5 Å². The SMILES string of the molecule is COc1cc(C(F)F)c(C2(CN)CCC2)cc1OC. The first-order valence-corrected chi connectivity index (χ1v) is 6.32. The third-order valence-electron chi connectivity index (χ3n) is 4.06. The summed E-state index contributed by atoms with van der Waals surface area (Å²) >= 11 is 0. The molecule has 5 heteroatoms. The molecule has 0 atom stereocenters. The molecule has 0 radical (unpaired) electrons. The molecule has 19 heavy (non-hydrogen) atoms. The lowest BCUT2D eigenvalue weighted by atomic mass is 9.63. The molecule has 2 rings (SSSR count). The largest absolute Gasteiger partial charge is 0.493 e. The molecule has 1 aromatic carbocycles. The van der Waals surface area contributed by atoms with E-state index in [1.165, 1.54) is 20.3 Å². The first-order chi connectivity index (χ1) is 9.07. The van der Waals surface area contributed by atoms with Crippen molar-refractivity contribution in [2.45, 2.75) is 31.1 Å². The second kappa shape index (κ2) is 5.33. The fraction of sp³-hybridized carbons (Fsp3) is 0.571. The van der Waals surface area contributed by atoms with Crippen LogP contribution in [0.4, 0.5) is 8.78 Å². The van der Waals surface area contributed by atoms with Gasteiger partial charge in [-0.3, -0.25) is 0 Å². The average Bonchev–Trinajstić information content (AvgIpc) is 2.37. The summed E-state index contributed by atoms with van der Waals surface area (Å²) in [6.07, 6.45) is 0.171. The second-order valence-corrected chi connectivity index (χ2v) is 4.93. The van der Waals surface area contributed by atoms with Gasteiger partial charge in [0, 0.05) is 17.5 Å². The van der Waals surface area contributed by atoms with Crippen molar-refractivity contribution < 1.29 is 18.3 Å². The Labute approximate surface area is 111 Å². The number of alkyl halides is 2. The molecular formula is C14H19F2NO2. The molecule has 1 fully saturated rings. The maximum absolute atomic E-state index is 13.3. The minimum atomic E-state index is -2.54. The van der Waals surface area contributed by atoms with E-state index in [2.05, 4.69) is 0 Å². The molecule has 0 saturated heterocycles. The molecular weight excluding hydrogens is 252 g/mol. The van der Waals surface area contributed by atoms with Crippen LogP contribution in [0.15, 0.2) is 12.1 Å². The molecule has 0 spiro atoms. The van der Waals surface area contributed by atoms with Crippen LogP contribution in [0, 0.1) is 0 Å². The fourth-order valence-corrected chi connectivity index (χ4v) is 2.72. The monoisotopic (exact) mass is 271 g/mol. The highest BCUT2D eigenvalue weighted by atomic mass is 19.3. The lowest BCUT2D eigenvalue weighted by Gasteiger charge is -2.42.